The van der Waals surface area contributed by atoms with Gasteiger partial charge in [-0.1, -0.05) is 18.2 Å². The maximum absolute atomic E-state index is 5.22. The highest BCUT2D eigenvalue weighted by molar-refractivity contribution is 7.80. The van der Waals surface area contributed by atoms with Gasteiger partial charge in [-0.05, 0) is 36.5 Å². The Kier molecular flexibility index (Phi) is 5.02. The molecule has 0 spiro atoms. The highest BCUT2D eigenvalue weighted by Crippen LogP contribution is 2.22. The van der Waals surface area contributed by atoms with Gasteiger partial charge in [0.05, 0.1) is 24.7 Å². The molecule has 0 amide bonds. The maximum Gasteiger partial charge on any atom is 0.191 e. The maximum atomic E-state index is 5.22. The minimum absolute atomic E-state index is 0.377. The molecule has 0 unspecified atom stereocenters. The molecule has 102 valence electrons. The number of para-hydroxylation sites is 2. The Bertz CT molecular complexity index is 601. The molecule has 0 saturated carbocycles. The van der Waals surface area contributed by atoms with E-state index in [1.54, 1.807) is 19.5 Å². The van der Waals surface area contributed by atoms with Crippen molar-refractivity contribution in [1.29, 1.82) is 0 Å². The SMILES string of the molecule is COc1ccccc1NC(=S)N/N=C\c1ccccn1. The minimum atomic E-state index is 0.377. The number of rotatable bonds is 4. The molecule has 2 N–H and O–H groups in total. The van der Waals surface area contributed by atoms with Crippen molar-refractivity contribution in [3.8, 4) is 5.75 Å². The van der Waals surface area contributed by atoms with E-state index in [1.807, 2.05) is 42.5 Å². The second-order valence-corrected chi connectivity index (χ2v) is 4.19. The topological polar surface area (TPSA) is 58.5 Å². The quantitative estimate of drug-likeness (QED) is 0.513. The Morgan fingerprint density at radius 1 is 1.25 bits per heavy atom. The van der Waals surface area contributed by atoms with Gasteiger partial charge in [-0.15, -0.1) is 0 Å². The highest BCUT2D eigenvalue weighted by Gasteiger charge is 2.02. The van der Waals surface area contributed by atoms with E-state index in [-0.39, 0.29) is 0 Å². The van der Waals surface area contributed by atoms with Gasteiger partial charge in [0.25, 0.3) is 0 Å². The molecular weight excluding hydrogens is 272 g/mol. The van der Waals surface area contributed by atoms with Crippen molar-refractivity contribution in [2.45, 2.75) is 0 Å². The van der Waals surface area contributed by atoms with Crippen LogP contribution in [0.1, 0.15) is 5.69 Å². The van der Waals surface area contributed by atoms with Crippen LogP contribution in [0, 0.1) is 0 Å². The van der Waals surface area contributed by atoms with Crippen molar-refractivity contribution in [3.63, 3.8) is 0 Å². The lowest BCUT2D eigenvalue weighted by molar-refractivity contribution is 0.417. The van der Waals surface area contributed by atoms with Crippen LogP contribution in [0.4, 0.5) is 5.69 Å². The zero-order valence-corrected chi connectivity index (χ0v) is 11.7. The number of hydrogen-bond acceptors (Lipinski definition) is 4. The third kappa shape index (κ3) is 4.03. The zero-order chi connectivity index (χ0) is 14.2. The average Bonchev–Trinajstić information content (AvgIpc) is 2.49. The summed E-state index contributed by atoms with van der Waals surface area (Å²) >= 11 is 5.15. The molecule has 1 aromatic carbocycles. The minimum Gasteiger partial charge on any atom is -0.495 e. The van der Waals surface area contributed by atoms with Gasteiger partial charge in [0.1, 0.15) is 5.75 Å². The third-order valence-corrected chi connectivity index (χ3v) is 2.60. The first-order chi connectivity index (χ1) is 9.79. The molecule has 0 radical (unpaired) electrons. The number of hydrogen-bond donors (Lipinski definition) is 2. The number of nitrogens with one attached hydrogen (secondary N) is 2. The van der Waals surface area contributed by atoms with Crippen LogP contribution in [0.15, 0.2) is 53.8 Å². The van der Waals surface area contributed by atoms with E-state index in [9.17, 15) is 0 Å². The summed E-state index contributed by atoms with van der Waals surface area (Å²) in [7, 11) is 1.61. The highest BCUT2D eigenvalue weighted by atomic mass is 32.1. The number of pyridine rings is 1. The molecule has 5 nitrogen and oxygen atoms in total. The summed E-state index contributed by atoms with van der Waals surface area (Å²) in [6.07, 6.45) is 3.29. The summed E-state index contributed by atoms with van der Waals surface area (Å²) in [6, 6.07) is 13.1. The first-order valence-corrected chi connectivity index (χ1v) is 6.34. The van der Waals surface area contributed by atoms with Gasteiger partial charge < -0.3 is 10.1 Å². The number of hydrazone groups is 1. The first-order valence-electron chi connectivity index (χ1n) is 5.93. The average molecular weight is 286 g/mol. The molecule has 1 aromatic heterocycles. The zero-order valence-electron chi connectivity index (χ0n) is 10.9. The van der Waals surface area contributed by atoms with Crippen molar-refractivity contribution in [3.05, 3.63) is 54.4 Å². The Balaban J connectivity index is 1.91. The predicted octanol–water partition coefficient (Wildman–Crippen LogP) is 2.41. The predicted molar refractivity (Wildman–Crippen MR) is 84.2 cm³/mol. The standard InChI is InChI=1S/C14H14N4OS/c1-19-13-8-3-2-7-12(13)17-14(20)18-16-10-11-6-4-5-9-15-11/h2-10H,1H3,(H2,17,18,20)/b16-10-. The van der Waals surface area contributed by atoms with E-state index >= 15 is 0 Å². The summed E-state index contributed by atoms with van der Waals surface area (Å²) in [5.74, 6) is 0.713. The van der Waals surface area contributed by atoms with Crippen LogP contribution in [0.3, 0.4) is 0 Å². The van der Waals surface area contributed by atoms with Crippen LogP contribution in [-0.4, -0.2) is 23.4 Å². The second-order valence-electron chi connectivity index (χ2n) is 3.78. The lowest BCUT2D eigenvalue weighted by Crippen LogP contribution is -2.24. The van der Waals surface area contributed by atoms with E-state index in [0.29, 0.717) is 10.9 Å². The summed E-state index contributed by atoms with van der Waals surface area (Å²) in [5.41, 5.74) is 4.25. The van der Waals surface area contributed by atoms with Crippen molar-refractivity contribution < 1.29 is 4.74 Å². The number of ether oxygens (including phenoxy) is 1. The number of anilines is 1. The number of thiocarbonyl (C=S) groups is 1. The van der Waals surface area contributed by atoms with Gasteiger partial charge in [-0.2, -0.15) is 5.10 Å². The van der Waals surface area contributed by atoms with Crippen molar-refractivity contribution in [1.82, 2.24) is 10.4 Å². The fraction of sp³-hybridized carbons (Fsp3) is 0.0714. The van der Waals surface area contributed by atoms with Crippen LogP contribution in [0.25, 0.3) is 0 Å². The van der Waals surface area contributed by atoms with Crippen LogP contribution < -0.4 is 15.5 Å². The Morgan fingerprint density at radius 3 is 2.80 bits per heavy atom. The smallest absolute Gasteiger partial charge is 0.191 e. The molecule has 0 aliphatic rings. The molecule has 2 rings (SSSR count). The van der Waals surface area contributed by atoms with E-state index < -0.39 is 0 Å². The number of nitrogens with zero attached hydrogens (tertiary/aromatic N) is 2. The molecular formula is C14H14N4OS. The van der Waals surface area contributed by atoms with Gasteiger partial charge in [-0.3, -0.25) is 10.4 Å². The summed E-state index contributed by atoms with van der Waals surface area (Å²) < 4.78 is 5.22. The monoisotopic (exact) mass is 286 g/mol. The molecule has 0 aliphatic heterocycles. The first kappa shape index (κ1) is 14.0. The van der Waals surface area contributed by atoms with Gasteiger partial charge >= 0.3 is 0 Å². The number of benzene rings is 1. The third-order valence-electron chi connectivity index (χ3n) is 2.41. The van der Waals surface area contributed by atoms with Gasteiger partial charge in [0.2, 0.25) is 0 Å². The number of aromatic nitrogens is 1. The van der Waals surface area contributed by atoms with Crippen LogP contribution in [-0.2, 0) is 0 Å². The summed E-state index contributed by atoms with van der Waals surface area (Å²) in [4.78, 5) is 4.11. The van der Waals surface area contributed by atoms with Crippen LogP contribution in [0.5, 0.6) is 5.75 Å². The van der Waals surface area contributed by atoms with Crippen LogP contribution in [0.2, 0.25) is 0 Å². The van der Waals surface area contributed by atoms with E-state index in [2.05, 4.69) is 20.8 Å². The van der Waals surface area contributed by atoms with Crippen molar-refractivity contribution >= 4 is 29.2 Å². The lowest BCUT2D eigenvalue weighted by atomic mass is 10.3. The molecule has 0 fully saturated rings. The van der Waals surface area contributed by atoms with Gasteiger partial charge in [0, 0.05) is 6.20 Å². The molecule has 0 saturated heterocycles. The molecule has 0 aliphatic carbocycles. The lowest BCUT2D eigenvalue weighted by Gasteiger charge is -2.10. The Morgan fingerprint density at radius 2 is 2.05 bits per heavy atom. The fourth-order valence-corrected chi connectivity index (χ4v) is 1.67. The molecule has 6 heteroatoms. The normalized spacial score (nSPS) is 10.2. The largest absolute Gasteiger partial charge is 0.495 e. The van der Waals surface area contributed by atoms with E-state index in [4.69, 9.17) is 17.0 Å². The Labute approximate surface area is 122 Å². The second kappa shape index (κ2) is 7.20. The molecule has 2 aromatic rings. The van der Waals surface area contributed by atoms with Crippen LogP contribution >= 0.6 is 12.2 Å². The van der Waals surface area contributed by atoms with Crippen molar-refractivity contribution in [2.24, 2.45) is 5.10 Å². The molecule has 0 bridgehead atoms. The summed E-state index contributed by atoms with van der Waals surface area (Å²) in [5, 5.41) is 7.40. The Hall–Kier alpha value is -2.47. The molecule has 0 atom stereocenters. The molecule has 1 heterocycles. The fourth-order valence-electron chi connectivity index (χ4n) is 1.51. The van der Waals surface area contributed by atoms with E-state index in [1.165, 1.54) is 0 Å². The van der Waals surface area contributed by atoms with E-state index in [0.717, 1.165) is 11.4 Å². The van der Waals surface area contributed by atoms with Gasteiger partial charge in [0.15, 0.2) is 5.11 Å². The molecule has 20 heavy (non-hydrogen) atoms. The van der Waals surface area contributed by atoms with Gasteiger partial charge in [-0.25, -0.2) is 0 Å². The van der Waals surface area contributed by atoms with Crippen molar-refractivity contribution in [2.75, 3.05) is 12.4 Å². The summed E-state index contributed by atoms with van der Waals surface area (Å²) in [6.45, 7) is 0. The number of methoxy groups -OCH3 is 1.